The lowest BCUT2D eigenvalue weighted by atomic mass is 9.93. The Bertz CT molecular complexity index is 643. The molecule has 1 aromatic carbocycles. The van der Waals surface area contributed by atoms with Crippen LogP contribution in [0.2, 0.25) is 0 Å². The van der Waals surface area contributed by atoms with Crippen molar-refractivity contribution in [3.63, 3.8) is 0 Å². The topological polar surface area (TPSA) is 51.2 Å². The highest BCUT2D eigenvalue weighted by atomic mass is 19.1. The lowest BCUT2D eigenvalue weighted by molar-refractivity contribution is -0.145. The molecule has 21 heavy (non-hydrogen) atoms. The number of carbonyl (C=O) groups excluding carboxylic acids is 1. The Labute approximate surface area is 123 Å². The van der Waals surface area contributed by atoms with E-state index in [0.717, 1.165) is 17.4 Å². The molecule has 110 valence electrons. The number of rotatable bonds is 4. The Kier molecular flexibility index (Phi) is 4.21. The van der Waals surface area contributed by atoms with E-state index >= 15 is 0 Å². The highest BCUT2D eigenvalue weighted by Crippen LogP contribution is 2.27. The average Bonchev–Trinajstić information content (AvgIpc) is 2.48. The standard InChI is InChI=1S/C16H17FN2O2/c1-11-4-6-14(7-5-11)19-16(2,15(20)21-3)12-8-13(17)10-18-9-12/h4-10,19H,1-3H3. The predicted octanol–water partition coefficient (Wildman–Crippen LogP) is 3.03. The SMILES string of the molecule is COC(=O)C(C)(Nc1ccc(C)cc1)c1cncc(F)c1. The number of aromatic nitrogens is 1. The molecule has 2 aromatic rings. The highest BCUT2D eigenvalue weighted by molar-refractivity contribution is 5.85. The average molecular weight is 288 g/mol. The molecule has 1 atom stereocenters. The van der Waals surface area contributed by atoms with Crippen LogP contribution >= 0.6 is 0 Å². The Morgan fingerprint density at radius 2 is 1.95 bits per heavy atom. The number of aryl methyl sites for hydroxylation is 1. The van der Waals surface area contributed by atoms with Gasteiger partial charge in [-0.05, 0) is 32.0 Å². The molecule has 1 N–H and O–H groups in total. The first kappa shape index (κ1) is 15.0. The fourth-order valence-electron chi connectivity index (χ4n) is 2.06. The summed E-state index contributed by atoms with van der Waals surface area (Å²) in [6.45, 7) is 3.61. The van der Waals surface area contributed by atoms with Crippen molar-refractivity contribution in [2.45, 2.75) is 19.4 Å². The van der Waals surface area contributed by atoms with E-state index in [2.05, 4.69) is 10.3 Å². The number of carbonyl (C=O) groups is 1. The summed E-state index contributed by atoms with van der Waals surface area (Å²) in [6.07, 6.45) is 2.54. The molecule has 0 aliphatic rings. The van der Waals surface area contributed by atoms with Gasteiger partial charge in [-0.1, -0.05) is 17.7 Å². The van der Waals surface area contributed by atoms with Crippen molar-refractivity contribution in [2.24, 2.45) is 0 Å². The molecule has 0 radical (unpaired) electrons. The minimum atomic E-state index is -1.22. The number of hydrogen-bond acceptors (Lipinski definition) is 4. The third-order valence-electron chi connectivity index (χ3n) is 3.32. The van der Waals surface area contributed by atoms with Crippen LogP contribution in [0, 0.1) is 12.7 Å². The second-order valence-corrected chi connectivity index (χ2v) is 5.00. The summed E-state index contributed by atoms with van der Waals surface area (Å²) in [4.78, 5) is 16.0. The van der Waals surface area contributed by atoms with E-state index in [1.165, 1.54) is 19.4 Å². The van der Waals surface area contributed by atoms with Crippen LogP contribution < -0.4 is 5.32 Å². The number of methoxy groups -OCH3 is 1. The van der Waals surface area contributed by atoms with Gasteiger partial charge in [-0.2, -0.15) is 0 Å². The van der Waals surface area contributed by atoms with Crippen LogP contribution in [0.1, 0.15) is 18.1 Å². The third kappa shape index (κ3) is 3.18. The van der Waals surface area contributed by atoms with Gasteiger partial charge in [-0.3, -0.25) is 4.98 Å². The van der Waals surface area contributed by atoms with Crippen LogP contribution in [0.4, 0.5) is 10.1 Å². The lowest BCUT2D eigenvalue weighted by Crippen LogP contribution is -2.41. The molecule has 1 heterocycles. The van der Waals surface area contributed by atoms with Crippen LogP contribution in [0.5, 0.6) is 0 Å². The van der Waals surface area contributed by atoms with E-state index in [4.69, 9.17) is 4.74 Å². The minimum Gasteiger partial charge on any atom is -0.467 e. The monoisotopic (exact) mass is 288 g/mol. The van der Waals surface area contributed by atoms with Gasteiger partial charge in [-0.25, -0.2) is 9.18 Å². The summed E-state index contributed by atoms with van der Waals surface area (Å²) < 4.78 is 18.3. The number of pyridine rings is 1. The predicted molar refractivity (Wildman–Crippen MR) is 78.4 cm³/mol. The third-order valence-corrected chi connectivity index (χ3v) is 3.32. The number of nitrogens with zero attached hydrogens (tertiary/aromatic N) is 1. The van der Waals surface area contributed by atoms with Gasteiger partial charge in [0.1, 0.15) is 5.82 Å². The number of esters is 1. The largest absolute Gasteiger partial charge is 0.467 e. The first-order valence-corrected chi connectivity index (χ1v) is 6.50. The van der Waals surface area contributed by atoms with Gasteiger partial charge < -0.3 is 10.1 Å². The first-order valence-electron chi connectivity index (χ1n) is 6.50. The fourth-order valence-corrected chi connectivity index (χ4v) is 2.06. The zero-order chi connectivity index (χ0) is 15.5. The van der Waals surface area contributed by atoms with Gasteiger partial charge in [0.15, 0.2) is 5.54 Å². The quantitative estimate of drug-likeness (QED) is 0.879. The molecule has 1 unspecified atom stereocenters. The van der Waals surface area contributed by atoms with Crippen molar-refractivity contribution in [1.29, 1.82) is 0 Å². The molecule has 0 aliphatic heterocycles. The number of anilines is 1. The van der Waals surface area contributed by atoms with Crippen molar-refractivity contribution in [3.8, 4) is 0 Å². The molecule has 0 bridgehead atoms. The first-order chi connectivity index (χ1) is 9.95. The smallest absolute Gasteiger partial charge is 0.335 e. The summed E-state index contributed by atoms with van der Waals surface area (Å²) in [7, 11) is 1.30. The molecule has 1 aromatic heterocycles. The van der Waals surface area contributed by atoms with Crippen LogP contribution in [-0.2, 0) is 15.1 Å². The molecular weight excluding hydrogens is 271 g/mol. The summed E-state index contributed by atoms with van der Waals surface area (Å²) in [5.74, 6) is -1.02. The molecule has 0 fully saturated rings. The van der Waals surface area contributed by atoms with Crippen LogP contribution in [0.15, 0.2) is 42.7 Å². The van der Waals surface area contributed by atoms with Crippen molar-refractivity contribution in [1.82, 2.24) is 4.98 Å². The van der Waals surface area contributed by atoms with Gasteiger partial charge >= 0.3 is 5.97 Å². The maximum Gasteiger partial charge on any atom is 0.335 e. The molecule has 0 saturated heterocycles. The zero-order valence-corrected chi connectivity index (χ0v) is 12.2. The van der Waals surface area contributed by atoms with E-state index in [1.54, 1.807) is 6.92 Å². The maximum atomic E-state index is 13.4. The van der Waals surface area contributed by atoms with E-state index in [-0.39, 0.29) is 0 Å². The number of ether oxygens (including phenoxy) is 1. The molecule has 0 amide bonds. The van der Waals surface area contributed by atoms with Crippen molar-refractivity contribution >= 4 is 11.7 Å². The molecule has 0 aliphatic carbocycles. The van der Waals surface area contributed by atoms with E-state index in [9.17, 15) is 9.18 Å². The van der Waals surface area contributed by atoms with E-state index < -0.39 is 17.3 Å². The van der Waals surface area contributed by atoms with Crippen LogP contribution in [-0.4, -0.2) is 18.1 Å². The lowest BCUT2D eigenvalue weighted by Gasteiger charge is -2.29. The fraction of sp³-hybridized carbons (Fsp3) is 0.250. The van der Waals surface area contributed by atoms with Gasteiger partial charge in [0, 0.05) is 17.4 Å². The van der Waals surface area contributed by atoms with Crippen molar-refractivity contribution in [3.05, 3.63) is 59.7 Å². The van der Waals surface area contributed by atoms with Crippen molar-refractivity contribution < 1.29 is 13.9 Å². The summed E-state index contributed by atoms with van der Waals surface area (Å²) >= 11 is 0. The maximum absolute atomic E-state index is 13.4. The summed E-state index contributed by atoms with van der Waals surface area (Å²) in [6, 6.07) is 8.81. The van der Waals surface area contributed by atoms with E-state index in [0.29, 0.717) is 5.56 Å². The minimum absolute atomic E-state index is 0.398. The second kappa shape index (κ2) is 5.91. The normalized spacial score (nSPS) is 13.3. The Balaban J connectivity index is 2.42. The van der Waals surface area contributed by atoms with Gasteiger partial charge in [0.05, 0.1) is 13.3 Å². The molecule has 0 spiro atoms. The molecule has 5 heteroatoms. The zero-order valence-electron chi connectivity index (χ0n) is 12.2. The Hall–Kier alpha value is -2.43. The number of benzene rings is 1. The molecule has 2 rings (SSSR count). The Morgan fingerprint density at radius 3 is 2.52 bits per heavy atom. The van der Waals surface area contributed by atoms with Gasteiger partial charge in [0.25, 0.3) is 0 Å². The van der Waals surface area contributed by atoms with E-state index in [1.807, 2.05) is 31.2 Å². The summed E-state index contributed by atoms with van der Waals surface area (Å²) in [5.41, 5.74) is 1.01. The highest BCUT2D eigenvalue weighted by Gasteiger charge is 2.37. The van der Waals surface area contributed by atoms with Gasteiger partial charge in [-0.15, -0.1) is 0 Å². The number of hydrogen-bond donors (Lipinski definition) is 1. The van der Waals surface area contributed by atoms with Crippen molar-refractivity contribution in [2.75, 3.05) is 12.4 Å². The number of halogens is 1. The molecular formula is C16H17FN2O2. The van der Waals surface area contributed by atoms with Crippen LogP contribution in [0.25, 0.3) is 0 Å². The number of nitrogens with one attached hydrogen (secondary N) is 1. The molecule has 4 nitrogen and oxygen atoms in total. The molecule has 0 saturated carbocycles. The Morgan fingerprint density at radius 1 is 1.29 bits per heavy atom. The summed E-state index contributed by atoms with van der Waals surface area (Å²) in [5, 5.41) is 3.10. The van der Waals surface area contributed by atoms with Crippen LogP contribution in [0.3, 0.4) is 0 Å². The second-order valence-electron chi connectivity index (χ2n) is 5.00. The van der Waals surface area contributed by atoms with Gasteiger partial charge in [0.2, 0.25) is 0 Å².